The van der Waals surface area contributed by atoms with Gasteiger partial charge < -0.3 is 14.2 Å². The third-order valence-electron chi connectivity index (χ3n) is 6.33. The van der Waals surface area contributed by atoms with Gasteiger partial charge in [-0.3, -0.25) is 9.59 Å². The second-order valence-corrected chi connectivity index (χ2v) is 8.85. The number of carbonyl (C=O) groups is 2. The summed E-state index contributed by atoms with van der Waals surface area (Å²) in [4.78, 5) is 23.7. The van der Waals surface area contributed by atoms with E-state index in [1.807, 2.05) is 20.8 Å². The topological polar surface area (TPSA) is 61.8 Å². The van der Waals surface area contributed by atoms with Crippen LogP contribution in [0.2, 0.25) is 0 Å². The summed E-state index contributed by atoms with van der Waals surface area (Å²) in [6.45, 7) is 7.30. The smallest absolute Gasteiger partial charge is 0.312 e. The largest absolute Gasteiger partial charge is 0.459 e. The summed E-state index contributed by atoms with van der Waals surface area (Å²) < 4.78 is 17.2. The fraction of sp³-hybridized carbons (Fsp3) is 0.895. The average Bonchev–Trinajstić information content (AvgIpc) is 2.44. The number of ether oxygens (including phenoxy) is 3. The van der Waals surface area contributed by atoms with Crippen molar-refractivity contribution in [2.24, 2.45) is 17.3 Å². The van der Waals surface area contributed by atoms with Gasteiger partial charge in [-0.25, -0.2) is 0 Å². The van der Waals surface area contributed by atoms with Crippen molar-refractivity contribution in [2.75, 3.05) is 6.79 Å². The van der Waals surface area contributed by atoms with Crippen LogP contribution in [0, 0.1) is 17.3 Å². The van der Waals surface area contributed by atoms with Crippen molar-refractivity contribution in [2.45, 2.75) is 83.8 Å². The van der Waals surface area contributed by atoms with Crippen molar-refractivity contribution < 1.29 is 23.8 Å². The van der Waals surface area contributed by atoms with E-state index in [0.29, 0.717) is 11.8 Å². The summed E-state index contributed by atoms with van der Waals surface area (Å²) in [5.41, 5.74) is -1.13. The lowest BCUT2D eigenvalue weighted by Gasteiger charge is -2.60. The molecule has 4 rings (SSSR count). The van der Waals surface area contributed by atoms with Gasteiger partial charge in [0.25, 0.3) is 0 Å². The fourth-order valence-electron chi connectivity index (χ4n) is 5.10. The molecular formula is C19H30O5. The molecule has 0 aromatic carbocycles. The summed E-state index contributed by atoms with van der Waals surface area (Å²) in [5.74, 6) is 0.662. The van der Waals surface area contributed by atoms with Crippen LogP contribution in [-0.4, -0.2) is 29.9 Å². The minimum absolute atomic E-state index is 0.000741. The molecular weight excluding hydrogens is 308 g/mol. The van der Waals surface area contributed by atoms with Crippen molar-refractivity contribution in [3.05, 3.63) is 0 Å². The molecule has 24 heavy (non-hydrogen) atoms. The Balaban J connectivity index is 1.73. The van der Waals surface area contributed by atoms with E-state index in [0.717, 1.165) is 38.5 Å². The molecule has 2 atom stereocenters. The van der Waals surface area contributed by atoms with Gasteiger partial charge in [0.1, 0.15) is 5.60 Å². The maximum atomic E-state index is 12.7. The highest BCUT2D eigenvalue weighted by molar-refractivity contribution is 5.76. The normalized spacial score (nSPS) is 37.3. The zero-order chi connectivity index (χ0) is 17.6. The Morgan fingerprint density at radius 1 is 1.08 bits per heavy atom. The molecule has 5 nitrogen and oxygen atoms in total. The van der Waals surface area contributed by atoms with Gasteiger partial charge in [-0.05, 0) is 64.2 Å². The van der Waals surface area contributed by atoms with Gasteiger partial charge in [-0.2, -0.15) is 0 Å². The summed E-state index contributed by atoms with van der Waals surface area (Å²) >= 11 is 0. The van der Waals surface area contributed by atoms with E-state index < -0.39 is 5.41 Å². The Morgan fingerprint density at radius 2 is 1.67 bits per heavy atom. The zero-order valence-electron chi connectivity index (χ0n) is 15.4. The molecule has 2 unspecified atom stereocenters. The van der Waals surface area contributed by atoms with Gasteiger partial charge >= 0.3 is 11.9 Å². The number of rotatable bonds is 6. The molecule has 4 fully saturated rings. The molecule has 136 valence electrons. The third kappa shape index (κ3) is 3.32. The molecule has 0 amide bonds. The van der Waals surface area contributed by atoms with Crippen LogP contribution in [0.1, 0.15) is 72.6 Å². The number of hydrogen-bond donors (Lipinski definition) is 0. The lowest BCUT2D eigenvalue weighted by atomic mass is 9.52. The van der Waals surface area contributed by atoms with Crippen LogP contribution in [-0.2, 0) is 23.8 Å². The molecule has 5 heteroatoms. The molecule has 0 aliphatic heterocycles. The van der Waals surface area contributed by atoms with E-state index in [4.69, 9.17) is 14.2 Å². The second-order valence-electron chi connectivity index (χ2n) is 8.85. The highest BCUT2D eigenvalue weighted by atomic mass is 16.7. The lowest BCUT2D eigenvalue weighted by Crippen LogP contribution is -2.62. The first-order chi connectivity index (χ1) is 11.2. The van der Waals surface area contributed by atoms with Crippen LogP contribution >= 0.6 is 0 Å². The fourth-order valence-corrected chi connectivity index (χ4v) is 5.10. The molecule has 4 saturated carbocycles. The standard InChI is InChI=1S/C19H30O5/c1-5-17(3,4)16(21)24-19-9-14-6-15(10-19)8-18(7-14,11-19)23-12-22-13(2)20/h14-15H,5-12H2,1-4H3. The second kappa shape index (κ2) is 6.01. The number of hydrogen-bond acceptors (Lipinski definition) is 5. The van der Waals surface area contributed by atoms with E-state index in [-0.39, 0.29) is 29.9 Å². The van der Waals surface area contributed by atoms with Crippen molar-refractivity contribution in [1.29, 1.82) is 0 Å². The van der Waals surface area contributed by atoms with E-state index in [9.17, 15) is 9.59 Å². The third-order valence-corrected chi connectivity index (χ3v) is 6.33. The molecule has 0 saturated heterocycles. The molecule has 0 aromatic rings. The summed E-state index contributed by atoms with van der Waals surface area (Å²) in [6, 6.07) is 0. The van der Waals surface area contributed by atoms with Crippen molar-refractivity contribution in [1.82, 2.24) is 0 Å². The van der Waals surface area contributed by atoms with E-state index in [2.05, 4.69) is 0 Å². The van der Waals surface area contributed by atoms with E-state index in [1.54, 1.807) is 0 Å². The van der Waals surface area contributed by atoms with Gasteiger partial charge in [-0.1, -0.05) is 6.92 Å². The first kappa shape index (κ1) is 17.7. The Kier molecular flexibility index (Phi) is 4.44. The minimum Gasteiger partial charge on any atom is -0.459 e. The van der Waals surface area contributed by atoms with Crippen molar-refractivity contribution in [3.8, 4) is 0 Å². The van der Waals surface area contributed by atoms with Gasteiger partial charge in [0.2, 0.25) is 0 Å². The van der Waals surface area contributed by atoms with Crippen LogP contribution in [0.3, 0.4) is 0 Å². The zero-order valence-corrected chi connectivity index (χ0v) is 15.4. The van der Waals surface area contributed by atoms with Crippen molar-refractivity contribution in [3.63, 3.8) is 0 Å². The van der Waals surface area contributed by atoms with E-state index >= 15 is 0 Å². The lowest BCUT2D eigenvalue weighted by molar-refractivity contribution is -0.254. The summed E-state index contributed by atoms with van der Waals surface area (Å²) in [5, 5.41) is 0. The van der Waals surface area contributed by atoms with Gasteiger partial charge in [0, 0.05) is 13.3 Å². The minimum atomic E-state index is -0.449. The van der Waals surface area contributed by atoms with Crippen LogP contribution in [0.5, 0.6) is 0 Å². The van der Waals surface area contributed by atoms with Crippen LogP contribution in [0.25, 0.3) is 0 Å². The molecule has 4 bridgehead atoms. The Labute approximate surface area is 144 Å². The molecule has 0 spiro atoms. The quantitative estimate of drug-likeness (QED) is 0.547. The first-order valence-corrected chi connectivity index (χ1v) is 9.18. The van der Waals surface area contributed by atoms with E-state index in [1.165, 1.54) is 13.3 Å². The number of esters is 2. The Bertz CT molecular complexity index is 510. The van der Waals surface area contributed by atoms with Gasteiger partial charge in [0.15, 0.2) is 6.79 Å². The Morgan fingerprint density at radius 3 is 2.21 bits per heavy atom. The number of carbonyl (C=O) groups excluding carboxylic acids is 2. The summed E-state index contributed by atoms with van der Waals surface area (Å²) in [7, 11) is 0. The molecule has 0 heterocycles. The highest BCUT2D eigenvalue weighted by Gasteiger charge is 2.60. The maximum absolute atomic E-state index is 12.7. The Hall–Kier alpha value is -1.10. The van der Waals surface area contributed by atoms with Crippen molar-refractivity contribution >= 4 is 11.9 Å². The average molecular weight is 338 g/mol. The van der Waals surface area contributed by atoms with Crippen LogP contribution < -0.4 is 0 Å². The van der Waals surface area contributed by atoms with Crippen LogP contribution in [0.15, 0.2) is 0 Å². The molecule has 4 aliphatic rings. The monoisotopic (exact) mass is 338 g/mol. The first-order valence-electron chi connectivity index (χ1n) is 9.18. The maximum Gasteiger partial charge on any atom is 0.312 e. The molecule has 0 aromatic heterocycles. The van der Waals surface area contributed by atoms with Gasteiger partial charge in [0.05, 0.1) is 11.0 Å². The van der Waals surface area contributed by atoms with Gasteiger partial charge in [-0.15, -0.1) is 0 Å². The summed E-state index contributed by atoms with van der Waals surface area (Å²) in [6.07, 6.45) is 6.59. The van der Waals surface area contributed by atoms with Crippen LogP contribution in [0.4, 0.5) is 0 Å². The predicted molar refractivity (Wildman–Crippen MR) is 88.0 cm³/mol. The molecule has 4 aliphatic carbocycles. The predicted octanol–water partition coefficient (Wildman–Crippen LogP) is 3.59. The highest BCUT2D eigenvalue weighted by Crippen LogP contribution is 2.60. The molecule has 0 N–H and O–H groups in total. The SMILES string of the molecule is CCC(C)(C)C(=O)OC12CC3CC(CC(OCOC(C)=O)(C3)C1)C2. The molecule has 0 radical (unpaired) electrons.